The van der Waals surface area contributed by atoms with Crippen LogP contribution >= 0.6 is 0 Å². The Morgan fingerprint density at radius 1 is 0.824 bits per heavy atom. The van der Waals surface area contributed by atoms with Crippen LogP contribution in [0.4, 0.5) is 21.9 Å². The maximum Gasteiger partial charge on any atom is 0.319 e. The Hall–Kier alpha value is -3.26. The minimum atomic E-state index is -0.357. The molecule has 2 saturated heterocycles. The summed E-state index contributed by atoms with van der Waals surface area (Å²) in [6.45, 7) is 11.0. The van der Waals surface area contributed by atoms with Crippen LogP contribution in [0.3, 0.4) is 0 Å². The zero-order valence-corrected chi connectivity index (χ0v) is 20.5. The van der Waals surface area contributed by atoms with Crippen molar-refractivity contribution in [3.05, 3.63) is 53.6 Å². The van der Waals surface area contributed by atoms with Crippen molar-refractivity contribution in [3.63, 3.8) is 0 Å². The molecule has 2 aromatic carbocycles. The zero-order valence-electron chi connectivity index (χ0n) is 20.5. The number of anilines is 3. The van der Waals surface area contributed by atoms with Crippen molar-refractivity contribution in [2.24, 2.45) is 0 Å². The number of carbonyl (C=O) groups excluding carboxylic acids is 2. The highest BCUT2D eigenvalue weighted by atomic mass is 16.2. The summed E-state index contributed by atoms with van der Waals surface area (Å²) >= 11 is 0. The molecular formula is C26H40N6O2. The van der Waals surface area contributed by atoms with Crippen molar-refractivity contribution < 1.29 is 12.4 Å². The molecule has 3 amide bonds. The number of piperazine rings is 2. The Labute approximate surface area is 205 Å². The number of nitrogens with zero attached hydrogens (tertiary/aromatic N) is 4. The minimum Gasteiger partial charge on any atom is -0.368 e. The number of nitrogens with one attached hydrogen (secondary N) is 2. The average molecular weight is 469 g/mol. The van der Waals surface area contributed by atoms with Gasteiger partial charge in [0.15, 0.2) is 0 Å². The Morgan fingerprint density at radius 2 is 1.44 bits per heavy atom. The van der Waals surface area contributed by atoms with Gasteiger partial charge in [-0.1, -0.05) is 24.3 Å². The highest BCUT2D eigenvalue weighted by Crippen LogP contribution is 2.26. The third-order valence-electron chi connectivity index (χ3n) is 6.95. The molecule has 2 fully saturated rings. The van der Waals surface area contributed by atoms with Gasteiger partial charge in [0.2, 0.25) is 5.91 Å². The largest absolute Gasteiger partial charge is 0.368 e. The smallest absolute Gasteiger partial charge is 0.319 e. The van der Waals surface area contributed by atoms with Gasteiger partial charge in [-0.2, -0.15) is 0 Å². The van der Waals surface area contributed by atoms with Crippen LogP contribution in [-0.4, -0.2) is 87.7 Å². The summed E-state index contributed by atoms with van der Waals surface area (Å²) in [6, 6.07) is 13.8. The van der Waals surface area contributed by atoms with E-state index in [0.717, 1.165) is 50.6 Å². The maximum absolute atomic E-state index is 12.7. The maximum atomic E-state index is 12.7. The van der Waals surface area contributed by atoms with Gasteiger partial charge in [-0.15, -0.1) is 0 Å². The molecule has 4 rings (SSSR count). The molecule has 2 aromatic rings. The first kappa shape index (κ1) is 23.9. The molecule has 0 bridgehead atoms. The van der Waals surface area contributed by atoms with E-state index in [9.17, 15) is 9.59 Å². The predicted molar refractivity (Wildman–Crippen MR) is 142 cm³/mol. The molecule has 186 valence electrons. The Balaban J connectivity index is 0.00000228. The fourth-order valence-corrected chi connectivity index (χ4v) is 4.61. The molecule has 8 nitrogen and oxygen atoms in total. The second kappa shape index (κ2) is 10.8. The van der Waals surface area contributed by atoms with E-state index in [-0.39, 0.29) is 21.3 Å². The minimum absolute atomic E-state index is 0. The van der Waals surface area contributed by atoms with E-state index in [1.54, 1.807) is 0 Å². The molecule has 0 saturated carbocycles. The molecular weight excluding hydrogens is 428 g/mol. The van der Waals surface area contributed by atoms with Crippen LogP contribution in [-0.2, 0) is 4.79 Å². The third kappa shape index (κ3) is 5.62. The Bertz CT molecular complexity index is 1020. The number of hydrogen-bond donors (Lipinski definition) is 2. The predicted octanol–water partition coefficient (Wildman–Crippen LogP) is 3.02. The van der Waals surface area contributed by atoms with Gasteiger partial charge in [0.1, 0.15) is 0 Å². The molecule has 0 unspecified atom stereocenters. The van der Waals surface area contributed by atoms with Gasteiger partial charge >= 0.3 is 6.03 Å². The van der Waals surface area contributed by atoms with E-state index in [4.69, 9.17) is 0 Å². The third-order valence-corrected chi connectivity index (χ3v) is 6.95. The standard InChI is InChI=1S/C26H36N6O2.2H2/c1-20-7-6-10-23(21(20)2)30-15-17-32(18-16-30)25(33)19-27-26(34)28-22-8-4-5-9-24(22)31-13-11-29(3)12-14-31;;/h4-10H,11-19H2,1-3H3,(H2,27,28,34);2*1H. The van der Waals surface area contributed by atoms with Gasteiger partial charge in [0.25, 0.3) is 0 Å². The zero-order chi connectivity index (χ0) is 24.1. The molecule has 0 spiro atoms. The lowest BCUT2D eigenvalue weighted by molar-refractivity contribution is -0.130. The molecule has 0 aliphatic carbocycles. The summed E-state index contributed by atoms with van der Waals surface area (Å²) in [5.74, 6) is -0.0527. The quantitative estimate of drug-likeness (QED) is 0.706. The van der Waals surface area contributed by atoms with Crippen molar-refractivity contribution in [2.45, 2.75) is 13.8 Å². The SMILES string of the molecule is Cc1cccc(N2CCN(C(=O)CNC(=O)Nc3ccccc3N3CCN(C)CC3)CC2)c1C.[HH].[HH]. The van der Waals surface area contributed by atoms with Crippen LogP contribution in [0.1, 0.15) is 14.0 Å². The molecule has 0 radical (unpaired) electrons. The molecule has 8 heteroatoms. The van der Waals surface area contributed by atoms with Crippen molar-refractivity contribution in [1.82, 2.24) is 15.1 Å². The summed E-state index contributed by atoms with van der Waals surface area (Å²) in [7, 11) is 2.12. The second-order valence-corrected chi connectivity index (χ2v) is 9.20. The number of amides is 3. The lowest BCUT2D eigenvalue weighted by Crippen LogP contribution is -2.51. The van der Waals surface area contributed by atoms with Crippen LogP contribution in [0.15, 0.2) is 42.5 Å². The van der Waals surface area contributed by atoms with E-state index < -0.39 is 0 Å². The first-order chi connectivity index (χ1) is 16.4. The number of para-hydroxylation sites is 2. The molecule has 0 atom stereocenters. The average Bonchev–Trinajstić information content (AvgIpc) is 2.85. The van der Waals surface area contributed by atoms with E-state index in [0.29, 0.717) is 13.1 Å². The van der Waals surface area contributed by atoms with Gasteiger partial charge in [-0.25, -0.2) is 4.79 Å². The first-order valence-electron chi connectivity index (χ1n) is 12.1. The summed E-state index contributed by atoms with van der Waals surface area (Å²) in [6.07, 6.45) is 0. The summed E-state index contributed by atoms with van der Waals surface area (Å²) in [5, 5.41) is 5.68. The van der Waals surface area contributed by atoms with Crippen LogP contribution in [0.2, 0.25) is 0 Å². The van der Waals surface area contributed by atoms with Gasteiger partial charge < -0.3 is 30.2 Å². The number of hydrogen-bond acceptors (Lipinski definition) is 5. The van der Waals surface area contributed by atoms with Crippen molar-refractivity contribution in [1.29, 1.82) is 0 Å². The lowest BCUT2D eigenvalue weighted by Gasteiger charge is -2.37. The molecule has 2 N–H and O–H groups in total. The Kier molecular flexibility index (Phi) is 7.57. The highest BCUT2D eigenvalue weighted by molar-refractivity contribution is 5.95. The van der Waals surface area contributed by atoms with E-state index in [1.165, 1.54) is 16.8 Å². The van der Waals surface area contributed by atoms with Crippen molar-refractivity contribution in [2.75, 3.05) is 81.1 Å². The molecule has 34 heavy (non-hydrogen) atoms. The van der Waals surface area contributed by atoms with E-state index in [2.05, 4.69) is 64.4 Å². The molecule has 0 aromatic heterocycles. The van der Waals surface area contributed by atoms with Crippen molar-refractivity contribution >= 4 is 29.0 Å². The molecule has 2 aliphatic heterocycles. The summed E-state index contributed by atoms with van der Waals surface area (Å²) in [4.78, 5) is 34.0. The van der Waals surface area contributed by atoms with E-state index >= 15 is 0 Å². The van der Waals surface area contributed by atoms with Gasteiger partial charge in [-0.3, -0.25) is 4.79 Å². The lowest BCUT2D eigenvalue weighted by atomic mass is 10.1. The monoisotopic (exact) mass is 468 g/mol. The number of carbonyl (C=O) groups is 2. The van der Waals surface area contributed by atoms with Gasteiger partial charge in [-0.05, 0) is 50.2 Å². The van der Waals surface area contributed by atoms with Gasteiger partial charge in [0.05, 0.1) is 17.9 Å². The highest BCUT2D eigenvalue weighted by Gasteiger charge is 2.23. The fourth-order valence-electron chi connectivity index (χ4n) is 4.61. The topological polar surface area (TPSA) is 71.2 Å². The fraction of sp³-hybridized carbons (Fsp3) is 0.462. The molecule has 2 heterocycles. The number of urea groups is 1. The number of benzene rings is 2. The second-order valence-electron chi connectivity index (χ2n) is 9.20. The van der Waals surface area contributed by atoms with Gasteiger partial charge in [0, 0.05) is 60.9 Å². The summed E-state index contributed by atoms with van der Waals surface area (Å²) in [5.41, 5.74) is 5.58. The van der Waals surface area contributed by atoms with E-state index in [1.807, 2.05) is 29.2 Å². The van der Waals surface area contributed by atoms with Crippen molar-refractivity contribution in [3.8, 4) is 0 Å². The Morgan fingerprint density at radius 3 is 2.18 bits per heavy atom. The summed E-state index contributed by atoms with van der Waals surface area (Å²) < 4.78 is 0. The normalized spacial score (nSPS) is 17.0. The van der Waals surface area contributed by atoms with Crippen LogP contribution in [0.25, 0.3) is 0 Å². The number of aryl methyl sites for hydroxylation is 1. The number of rotatable bonds is 5. The van der Waals surface area contributed by atoms with Crippen LogP contribution < -0.4 is 20.4 Å². The molecule has 2 aliphatic rings. The first-order valence-corrected chi connectivity index (χ1v) is 12.1. The van der Waals surface area contributed by atoms with Crippen LogP contribution in [0, 0.1) is 13.8 Å². The number of likely N-dealkylation sites (N-methyl/N-ethyl adjacent to an activating group) is 1. The van der Waals surface area contributed by atoms with Crippen LogP contribution in [0.5, 0.6) is 0 Å².